The van der Waals surface area contributed by atoms with Crippen molar-refractivity contribution in [2.75, 3.05) is 20.1 Å². The molecule has 0 radical (unpaired) electrons. The molecule has 1 fully saturated rings. The number of carbonyl (C=O) groups is 1. The Morgan fingerprint density at radius 2 is 2.16 bits per heavy atom. The minimum atomic E-state index is 0. The number of aryl methyl sites for hydroxylation is 1. The molecule has 0 aliphatic carbocycles. The second-order valence-corrected chi connectivity index (χ2v) is 6.46. The highest BCUT2D eigenvalue weighted by atomic mass is 35.5. The van der Waals surface area contributed by atoms with Crippen LogP contribution in [0.1, 0.15) is 25.2 Å². The molecule has 0 spiro atoms. The van der Waals surface area contributed by atoms with Crippen molar-refractivity contribution in [1.82, 2.24) is 20.4 Å². The Bertz CT molecular complexity index is 684. The second kappa shape index (κ2) is 9.17. The van der Waals surface area contributed by atoms with E-state index in [1.165, 1.54) is 0 Å². The number of nitrogens with one attached hydrogen (secondary N) is 1. The van der Waals surface area contributed by atoms with Crippen molar-refractivity contribution >= 4 is 29.9 Å². The average molecular weight is 385 g/mol. The van der Waals surface area contributed by atoms with Crippen LogP contribution in [0.25, 0.3) is 11.4 Å². The summed E-state index contributed by atoms with van der Waals surface area (Å²) in [6.07, 6.45) is 2.82. The summed E-state index contributed by atoms with van der Waals surface area (Å²) < 4.78 is 5.26. The summed E-state index contributed by atoms with van der Waals surface area (Å²) >= 11 is 5.87. The zero-order chi connectivity index (χ0) is 16.9. The zero-order valence-corrected chi connectivity index (χ0v) is 15.6. The summed E-state index contributed by atoms with van der Waals surface area (Å²) in [6.45, 7) is 1.87. The van der Waals surface area contributed by atoms with Crippen molar-refractivity contribution in [2.45, 2.75) is 31.7 Å². The van der Waals surface area contributed by atoms with Crippen LogP contribution in [0.4, 0.5) is 0 Å². The maximum absolute atomic E-state index is 12.2. The molecule has 1 atom stereocenters. The van der Waals surface area contributed by atoms with Gasteiger partial charge in [0.25, 0.3) is 0 Å². The van der Waals surface area contributed by atoms with E-state index < -0.39 is 0 Å². The van der Waals surface area contributed by atoms with Crippen LogP contribution in [-0.4, -0.2) is 47.1 Å². The predicted octanol–water partition coefficient (Wildman–Crippen LogP) is 2.95. The third kappa shape index (κ3) is 5.17. The highest BCUT2D eigenvalue weighted by Crippen LogP contribution is 2.19. The van der Waals surface area contributed by atoms with Crippen LogP contribution in [0.5, 0.6) is 0 Å². The first-order valence-electron chi connectivity index (χ1n) is 8.18. The van der Waals surface area contributed by atoms with Crippen LogP contribution in [0, 0.1) is 0 Å². The van der Waals surface area contributed by atoms with Gasteiger partial charge in [0.2, 0.25) is 17.6 Å². The summed E-state index contributed by atoms with van der Waals surface area (Å²) in [6, 6.07) is 7.60. The minimum absolute atomic E-state index is 0. The van der Waals surface area contributed by atoms with Gasteiger partial charge in [-0.1, -0.05) is 16.8 Å². The standard InChI is InChI=1S/C17H21ClN4O2.ClH/c1-22(14-9-10-19-11-14)16(23)4-2-3-15-20-17(21-24-15)12-5-7-13(18)8-6-12;/h5-8,14,19H,2-4,9-11H2,1H3;1H. The number of nitrogens with zero attached hydrogens (tertiary/aromatic N) is 3. The van der Waals surface area contributed by atoms with Gasteiger partial charge < -0.3 is 14.7 Å². The molecule has 3 rings (SSSR count). The molecule has 1 saturated heterocycles. The monoisotopic (exact) mass is 384 g/mol. The summed E-state index contributed by atoms with van der Waals surface area (Å²) in [4.78, 5) is 18.4. The van der Waals surface area contributed by atoms with Crippen LogP contribution >= 0.6 is 24.0 Å². The van der Waals surface area contributed by atoms with E-state index in [1.54, 1.807) is 12.1 Å². The predicted molar refractivity (Wildman–Crippen MR) is 99.0 cm³/mol. The maximum atomic E-state index is 12.2. The van der Waals surface area contributed by atoms with Gasteiger partial charge in [-0.25, -0.2) is 0 Å². The summed E-state index contributed by atoms with van der Waals surface area (Å²) in [5.74, 6) is 1.27. The molecule has 6 nitrogen and oxygen atoms in total. The molecule has 1 N–H and O–H groups in total. The molecule has 0 bridgehead atoms. The number of likely N-dealkylation sites (N-methyl/N-ethyl adjacent to an activating group) is 1. The Hall–Kier alpha value is -1.63. The first-order valence-corrected chi connectivity index (χ1v) is 8.56. The van der Waals surface area contributed by atoms with Gasteiger partial charge in [0, 0.05) is 43.1 Å². The van der Waals surface area contributed by atoms with Gasteiger partial charge >= 0.3 is 0 Å². The Morgan fingerprint density at radius 1 is 1.40 bits per heavy atom. The fourth-order valence-corrected chi connectivity index (χ4v) is 2.94. The number of rotatable bonds is 6. The molecule has 136 valence electrons. The Kier molecular flexibility index (Phi) is 7.23. The Morgan fingerprint density at radius 3 is 2.84 bits per heavy atom. The van der Waals surface area contributed by atoms with Crippen molar-refractivity contribution in [3.8, 4) is 11.4 Å². The van der Waals surface area contributed by atoms with Crippen molar-refractivity contribution in [3.05, 3.63) is 35.2 Å². The molecule has 0 saturated carbocycles. The molecule has 1 aliphatic rings. The molecule has 8 heteroatoms. The van der Waals surface area contributed by atoms with Gasteiger partial charge in [0.05, 0.1) is 0 Å². The number of hydrogen-bond donors (Lipinski definition) is 1. The lowest BCUT2D eigenvalue weighted by Gasteiger charge is -2.23. The van der Waals surface area contributed by atoms with Crippen molar-refractivity contribution in [3.63, 3.8) is 0 Å². The number of carbonyl (C=O) groups excluding carboxylic acids is 1. The van der Waals surface area contributed by atoms with Crippen molar-refractivity contribution in [2.24, 2.45) is 0 Å². The van der Waals surface area contributed by atoms with E-state index in [-0.39, 0.29) is 18.3 Å². The SMILES string of the molecule is CN(C(=O)CCCc1nc(-c2ccc(Cl)cc2)no1)C1CCNC1.Cl. The molecule has 1 aromatic heterocycles. The molecule has 2 aromatic rings. The highest BCUT2D eigenvalue weighted by molar-refractivity contribution is 6.30. The molecule has 25 heavy (non-hydrogen) atoms. The van der Waals surface area contributed by atoms with E-state index in [9.17, 15) is 4.79 Å². The first kappa shape index (κ1) is 19.7. The largest absolute Gasteiger partial charge is 0.341 e. The van der Waals surface area contributed by atoms with E-state index in [0.29, 0.717) is 42.0 Å². The fourth-order valence-electron chi connectivity index (χ4n) is 2.81. The van der Waals surface area contributed by atoms with Crippen LogP contribution in [0.3, 0.4) is 0 Å². The fraction of sp³-hybridized carbons (Fsp3) is 0.471. The van der Waals surface area contributed by atoms with Crippen LogP contribution in [-0.2, 0) is 11.2 Å². The lowest BCUT2D eigenvalue weighted by Crippen LogP contribution is -2.38. The molecule has 1 aliphatic heterocycles. The number of aromatic nitrogens is 2. The molecular weight excluding hydrogens is 363 g/mol. The lowest BCUT2D eigenvalue weighted by molar-refractivity contribution is -0.131. The zero-order valence-electron chi connectivity index (χ0n) is 14.1. The van der Waals surface area contributed by atoms with Gasteiger partial charge in [-0.3, -0.25) is 4.79 Å². The van der Waals surface area contributed by atoms with E-state index in [1.807, 2.05) is 24.1 Å². The van der Waals surface area contributed by atoms with E-state index in [4.69, 9.17) is 16.1 Å². The van der Waals surface area contributed by atoms with Gasteiger partial charge in [-0.05, 0) is 43.7 Å². The normalized spacial score (nSPS) is 16.5. The molecule has 1 aromatic carbocycles. The summed E-state index contributed by atoms with van der Waals surface area (Å²) in [7, 11) is 1.88. The number of hydrogen-bond acceptors (Lipinski definition) is 5. The maximum Gasteiger partial charge on any atom is 0.226 e. The summed E-state index contributed by atoms with van der Waals surface area (Å²) in [5, 5.41) is 7.92. The summed E-state index contributed by atoms with van der Waals surface area (Å²) in [5.41, 5.74) is 0.860. The Labute approximate surface area is 158 Å². The van der Waals surface area contributed by atoms with Crippen LogP contribution in [0.15, 0.2) is 28.8 Å². The highest BCUT2D eigenvalue weighted by Gasteiger charge is 2.22. The first-order chi connectivity index (χ1) is 11.6. The number of benzene rings is 1. The van der Waals surface area contributed by atoms with Gasteiger partial charge in [0.1, 0.15) is 0 Å². The van der Waals surface area contributed by atoms with Crippen molar-refractivity contribution in [1.29, 1.82) is 0 Å². The van der Waals surface area contributed by atoms with Gasteiger partial charge in [-0.15, -0.1) is 12.4 Å². The molecule has 1 unspecified atom stereocenters. The quantitative estimate of drug-likeness (QED) is 0.828. The smallest absolute Gasteiger partial charge is 0.226 e. The van der Waals surface area contributed by atoms with E-state index in [2.05, 4.69) is 15.5 Å². The third-order valence-electron chi connectivity index (χ3n) is 4.33. The van der Waals surface area contributed by atoms with Gasteiger partial charge in [-0.2, -0.15) is 4.98 Å². The number of amides is 1. The second-order valence-electron chi connectivity index (χ2n) is 6.02. The Balaban J connectivity index is 0.00000225. The third-order valence-corrected chi connectivity index (χ3v) is 4.58. The van der Waals surface area contributed by atoms with Crippen LogP contribution in [0.2, 0.25) is 5.02 Å². The average Bonchev–Trinajstić information content (AvgIpc) is 3.26. The molecule has 1 amide bonds. The lowest BCUT2D eigenvalue weighted by atomic mass is 10.2. The minimum Gasteiger partial charge on any atom is -0.341 e. The topological polar surface area (TPSA) is 71.3 Å². The molecule has 2 heterocycles. The van der Waals surface area contributed by atoms with Gasteiger partial charge in [0.15, 0.2) is 0 Å². The molecular formula is C17H22Cl2N4O2. The van der Waals surface area contributed by atoms with Crippen molar-refractivity contribution < 1.29 is 9.32 Å². The van der Waals surface area contributed by atoms with Crippen LogP contribution < -0.4 is 5.32 Å². The van der Waals surface area contributed by atoms with E-state index >= 15 is 0 Å². The van der Waals surface area contributed by atoms with E-state index in [0.717, 1.165) is 25.1 Å². The number of halogens is 2.